The van der Waals surface area contributed by atoms with Crippen molar-refractivity contribution in [2.75, 3.05) is 19.6 Å². The Morgan fingerprint density at radius 2 is 1.78 bits per heavy atom. The molecule has 4 heteroatoms. The molecule has 0 aliphatic carbocycles. The first-order valence-corrected chi connectivity index (χ1v) is 8.17. The Morgan fingerprint density at radius 3 is 2.65 bits per heavy atom. The van der Waals surface area contributed by atoms with E-state index in [9.17, 15) is 4.79 Å². The van der Waals surface area contributed by atoms with Crippen LogP contribution in [-0.2, 0) is 6.54 Å². The number of rotatable bonds is 4. The molecule has 0 spiro atoms. The molecule has 118 valence electrons. The number of aromatic nitrogens is 1. The van der Waals surface area contributed by atoms with Gasteiger partial charge in [0.15, 0.2) is 5.58 Å². The highest BCUT2D eigenvalue weighted by molar-refractivity contribution is 5.72. The third-order valence-electron chi connectivity index (χ3n) is 4.76. The number of fused-ring (bicyclic) bond motifs is 1. The zero-order chi connectivity index (χ0) is 15.6. The number of benzene rings is 2. The molecule has 0 saturated carbocycles. The van der Waals surface area contributed by atoms with Crippen molar-refractivity contribution < 1.29 is 4.42 Å². The third-order valence-corrected chi connectivity index (χ3v) is 4.76. The van der Waals surface area contributed by atoms with Gasteiger partial charge in [0.25, 0.3) is 0 Å². The fourth-order valence-corrected chi connectivity index (χ4v) is 3.50. The lowest BCUT2D eigenvalue weighted by Gasteiger charge is -2.16. The fourth-order valence-electron chi connectivity index (χ4n) is 3.50. The van der Waals surface area contributed by atoms with E-state index in [0.29, 0.717) is 18.0 Å². The van der Waals surface area contributed by atoms with Crippen molar-refractivity contribution in [2.24, 2.45) is 0 Å². The van der Waals surface area contributed by atoms with E-state index in [2.05, 4.69) is 35.2 Å². The number of hydrogen-bond donors (Lipinski definition) is 0. The van der Waals surface area contributed by atoms with Gasteiger partial charge in [-0.25, -0.2) is 4.79 Å². The molecule has 0 radical (unpaired) electrons. The quantitative estimate of drug-likeness (QED) is 0.743. The number of hydrogen-bond acceptors (Lipinski definition) is 3. The highest BCUT2D eigenvalue weighted by Gasteiger charge is 2.23. The van der Waals surface area contributed by atoms with Crippen LogP contribution in [0.2, 0.25) is 0 Å². The van der Waals surface area contributed by atoms with Crippen molar-refractivity contribution in [3.63, 3.8) is 0 Å². The summed E-state index contributed by atoms with van der Waals surface area (Å²) in [4.78, 5) is 14.4. The van der Waals surface area contributed by atoms with Crippen LogP contribution in [0.25, 0.3) is 11.1 Å². The van der Waals surface area contributed by atoms with E-state index in [1.807, 2.05) is 24.3 Å². The predicted molar refractivity (Wildman–Crippen MR) is 90.7 cm³/mol. The largest absolute Gasteiger partial charge is 0.419 e. The van der Waals surface area contributed by atoms with Crippen LogP contribution in [-0.4, -0.2) is 29.1 Å². The molecule has 1 aliphatic heterocycles. The van der Waals surface area contributed by atoms with E-state index in [1.165, 1.54) is 12.0 Å². The highest BCUT2D eigenvalue weighted by Crippen LogP contribution is 2.26. The van der Waals surface area contributed by atoms with Gasteiger partial charge < -0.3 is 9.32 Å². The first-order valence-electron chi connectivity index (χ1n) is 8.17. The molecule has 1 unspecified atom stereocenters. The maximum atomic E-state index is 12.0. The summed E-state index contributed by atoms with van der Waals surface area (Å²) in [6.45, 7) is 3.71. The lowest BCUT2D eigenvalue weighted by molar-refractivity contribution is 0.314. The van der Waals surface area contributed by atoms with Gasteiger partial charge in [-0.15, -0.1) is 0 Å². The van der Waals surface area contributed by atoms with Crippen LogP contribution in [0.3, 0.4) is 0 Å². The summed E-state index contributed by atoms with van der Waals surface area (Å²) in [5.74, 6) is 0.346. The predicted octanol–water partition coefficient (Wildman–Crippen LogP) is 3.08. The molecule has 0 bridgehead atoms. The summed E-state index contributed by atoms with van der Waals surface area (Å²) in [6.07, 6.45) is 1.19. The molecule has 4 nitrogen and oxygen atoms in total. The summed E-state index contributed by atoms with van der Waals surface area (Å²) < 4.78 is 7.03. The smallest absolute Gasteiger partial charge is 0.408 e. The Hall–Kier alpha value is -2.33. The van der Waals surface area contributed by atoms with Crippen molar-refractivity contribution in [2.45, 2.75) is 18.9 Å². The van der Waals surface area contributed by atoms with E-state index in [4.69, 9.17) is 4.42 Å². The maximum Gasteiger partial charge on any atom is 0.419 e. The summed E-state index contributed by atoms with van der Waals surface area (Å²) in [5, 5.41) is 0. The molecule has 4 rings (SSSR count). The van der Waals surface area contributed by atoms with Gasteiger partial charge in [0.05, 0.1) is 5.52 Å². The van der Waals surface area contributed by atoms with Crippen LogP contribution in [0.1, 0.15) is 17.9 Å². The Bertz CT molecular complexity index is 850. The van der Waals surface area contributed by atoms with E-state index >= 15 is 0 Å². The van der Waals surface area contributed by atoms with Crippen molar-refractivity contribution >= 4 is 11.1 Å². The van der Waals surface area contributed by atoms with Gasteiger partial charge in [-0.3, -0.25) is 4.57 Å². The molecular weight excluding hydrogens is 288 g/mol. The van der Waals surface area contributed by atoms with Crippen molar-refractivity contribution in [1.29, 1.82) is 0 Å². The zero-order valence-corrected chi connectivity index (χ0v) is 13.0. The second kappa shape index (κ2) is 6.05. The molecule has 0 amide bonds. The molecular formula is C19H20N2O2. The molecule has 1 fully saturated rings. The molecule has 23 heavy (non-hydrogen) atoms. The van der Waals surface area contributed by atoms with Crippen LogP contribution >= 0.6 is 0 Å². The second-order valence-corrected chi connectivity index (χ2v) is 6.18. The van der Waals surface area contributed by atoms with E-state index in [-0.39, 0.29) is 5.76 Å². The molecule has 1 aromatic heterocycles. The van der Waals surface area contributed by atoms with Gasteiger partial charge in [-0.05, 0) is 36.6 Å². The average molecular weight is 308 g/mol. The van der Waals surface area contributed by atoms with Crippen LogP contribution < -0.4 is 5.76 Å². The number of likely N-dealkylation sites (tertiary alicyclic amines) is 1. The summed E-state index contributed by atoms with van der Waals surface area (Å²) in [5.41, 5.74) is 2.97. The summed E-state index contributed by atoms with van der Waals surface area (Å²) >= 11 is 0. The standard InChI is InChI=1S/C19H20N2O2/c22-19-21(17-8-4-5-9-18(17)23-19)13-12-20-11-10-16(14-20)15-6-2-1-3-7-15/h1-9,16H,10-14H2. The first-order chi connectivity index (χ1) is 11.3. The van der Waals surface area contributed by atoms with Crippen LogP contribution in [0.15, 0.2) is 63.8 Å². The molecule has 3 aromatic rings. The van der Waals surface area contributed by atoms with Crippen LogP contribution in [0, 0.1) is 0 Å². The van der Waals surface area contributed by atoms with Crippen molar-refractivity contribution in [3.8, 4) is 0 Å². The highest BCUT2D eigenvalue weighted by atomic mass is 16.4. The SMILES string of the molecule is O=c1oc2ccccc2n1CCN1CCC(c2ccccc2)C1. The minimum absolute atomic E-state index is 0.259. The molecule has 1 atom stereocenters. The number of oxazole rings is 1. The third kappa shape index (κ3) is 2.82. The van der Waals surface area contributed by atoms with Gasteiger partial charge in [-0.1, -0.05) is 42.5 Å². The van der Waals surface area contributed by atoms with Crippen LogP contribution in [0.5, 0.6) is 0 Å². The molecule has 1 aliphatic rings. The monoisotopic (exact) mass is 308 g/mol. The first kappa shape index (κ1) is 14.3. The van der Waals surface area contributed by atoms with Crippen molar-refractivity contribution in [3.05, 3.63) is 70.7 Å². The van der Waals surface area contributed by atoms with E-state index in [1.54, 1.807) is 4.57 Å². The van der Waals surface area contributed by atoms with Gasteiger partial charge >= 0.3 is 5.76 Å². The Kier molecular flexibility index (Phi) is 3.75. The summed E-state index contributed by atoms with van der Waals surface area (Å²) in [6, 6.07) is 18.3. The lowest BCUT2D eigenvalue weighted by Crippen LogP contribution is -2.28. The topological polar surface area (TPSA) is 38.4 Å². The van der Waals surface area contributed by atoms with Gasteiger partial charge in [0, 0.05) is 19.6 Å². The van der Waals surface area contributed by atoms with Crippen molar-refractivity contribution in [1.82, 2.24) is 9.47 Å². The van der Waals surface area contributed by atoms with Gasteiger partial charge in [0.2, 0.25) is 0 Å². The average Bonchev–Trinajstić information content (AvgIpc) is 3.18. The van der Waals surface area contributed by atoms with Crippen LogP contribution in [0.4, 0.5) is 0 Å². The number of nitrogens with zero attached hydrogens (tertiary/aromatic N) is 2. The molecule has 1 saturated heterocycles. The lowest BCUT2D eigenvalue weighted by atomic mass is 9.99. The molecule has 0 N–H and O–H groups in total. The van der Waals surface area contributed by atoms with E-state index < -0.39 is 0 Å². The van der Waals surface area contributed by atoms with Gasteiger partial charge in [0.1, 0.15) is 0 Å². The maximum absolute atomic E-state index is 12.0. The normalized spacial score (nSPS) is 18.7. The Morgan fingerprint density at radius 1 is 1.00 bits per heavy atom. The zero-order valence-electron chi connectivity index (χ0n) is 13.0. The van der Waals surface area contributed by atoms with Gasteiger partial charge in [-0.2, -0.15) is 0 Å². The Labute approximate surface area is 134 Å². The second-order valence-electron chi connectivity index (χ2n) is 6.18. The molecule has 2 heterocycles. The summed E-state index contributed by atoms with van der Waals surface area (Å²) in [7, 11) is 0. The van der Waals surface area contributed by atoms with E-state index in [0.717, 1.165) is 25.2 Å². The minimum atomic E-state index is -0.259. The Balaban J connectivity index is 1.44. The molecule has 2 aromatic carbocycles. The minimum Gasteiger partial charge on any atom is -0.408 e. The number of para-hydroxylation sites is 2. The fraction of sp³-hybridized carbons (Fsp3) is 0.316.